The van der Waals surface area contributed by atoms with Crippen LogP contribution in [0.1, 0.15) is 59.3 Å². The maximum absolute atomic E-state index is 10.3. The van der Waals surface area contributed by atoms with E-state index in [0.29, 0.717) is 19.8 Å². The van der Waals surface area contributed by atoms with Gasteiger partial charge in [-0.05, 0) is 19.3 Å². The van der Waals surface area contributed by atoms with Crippen molar-refractivity contribution in [3.63, 3.8) is 0 Å². The van der Waals surface area contributed by atoms with Crippen molar-refractivity contribution in [2.75, 3.05) is 26.4 Å². The standard InChI is InChI=1S/C18H36O6/c1-4-7-10-21-15-14(13-19)24-18(20)17(23-12-9-6-3)16(15)22-11-8-5-2/h14-20H,4-13H2,1-3H3/t14?,15-,16-,17?,18-/m0/s1. The molecule has 1 saturated heterocycles. The molecule has 1 aliphatic rings. The fraction of sp³-hybridized carbons (Fsp3) is 1.00. The molecule has 1 fully saturated rings. The predicted molar refractivity (Wildman–Crippen MR) is 91.9 cm³/mol. The SMILES string of the molecule is CCCCOC1[C@@H](OCCCC)[C@@H](OCCCC)C(CO)O[C@@H]1O. The van der Waals surface area contributed by atoms with Gasteiger partial charge in [0.2, 0.25) is 0 Å². The minimum atomic E-state index is -1.11. The largest absolute Gasteiger partial charge is 0.394 e. The van der Waals surface area contributed by atoms with Crippen LogP contribution in [-0.4, -0.2) is 67.3 Å². The van der Waals surface area contributed by atoms with Crippen LogP contribution in [0.3, 0.4) is 0 Å². The third kappa shape index (κ3) is 6.94. The molecule has 144 valence electrons. The monoisotopic (exact) mass is 348 g/mol. The topological polar surface area (TPSA) is 77.4 Å². The number of unbranched alkanes of at least 4 members (excludes halogenated alkanes) is 3. The minimum absolute atomic E-state index is 0.219. The van der Waals surface area contributed by atoms with E-state index in [1.165, 1.54) is 0 Å². The molecule has 0 amide bonds. The van der Waals surface area contributed by atoms with E-state index in [2.05, 4.69) is 20.8 Å². The summed E-state index contributed by atoms with van der Waals surface area (Å²) in [5.41, 5.74) is 0. The van der Waals surface area contributed by atoms with E-state index < -0.39 is 30.7 Å². The van der Waals surface area contributed by atoms with Crippen molar-refractivity contribution in [3.05, 3.63) is 0 Å². The summed E-state index contributed by atoms with van der Waals surface area (Å²) in [6.07, 6.45) is 2.65. The second-order valence-electron chi connectivity index (χ2n) is 6.31. The molecule has 6 nitrogen and oxygen atoms in total. The average molecular weight is 348 g/mol. The highest BCUT2D eigenvalue weighted by Gasteiger charge is 2.47. The Morgan fingerprint density at radius 2 is 1.21 bits per heavy atom. The summed E-state index contributed by atoms with van der Waals surface area (Å²) in [7, 11) is 0. The zero-order valence-electron chi connectivity index (χ0n) is 15.5. The molecule has 1 heterocycles. The van der Waals surface area contributed by atoms with Crippen LogP contribution in [-0.2, 0) is 18.9 Å². The number of aliphatic hydroxyl groups excluding tert-OH is 2. The first-order valence-corrected chi connectivity index (χ1v) is 9.48. The number of ether oxygens (including phenoxy) is 4. The Hall–Kier alpha value is -0.240. The molecule has 0 saturated carbocycles. The molecule has 0 aromatic heterocycles. The first-order chi connectivity index (χ1) is 11.7. The zero-order chi connectivity index (χ0) is 17.8. The highest BCUT2D eigenvalue weighted by atomic mass is 16.7. The van der Waals surface area contributed by atoms with Gasteiger partial charge in [-0.15, -0.1) is 0 Å². The highest BCUT2D eigenvalue weighted by Crippen LogP contribution is 2.27. The molecule has 0 radical (unpaired) electrons. The molecule has 0 aromatic rings. The van der Waals surface area contributed by atoms with E-state index in [1.54, 1.807) is 0 Å². The van der Waals surface area contributed by atoms with Gasteiger partial charge in [0.15, 0.2) is 6.29 Å². The Labute approximate surface area is 146 Å². The van der Waals surface area contributed by atoms with Crippen LogP contribution in [0.15, 0.2) is 0 Å². The average Bonchev–Trinajstić information content (AvgIpc) is 2.58. The predicted octanol–water partition coefficient (Wildman–Crippen LogP) is 2.25. The fourth-order valence-electron chi connectivity index (χ4n) is 2.70. The number of hydrogen-bond acceptors (Lipinski definition) is 6. The second kappa shape index (κ2) is 13.0. The Kier molecular flexibility index (Phi) is 11.8. The first kappa shape index (κ1) is 21.8. The van der Waals surface area contributed by atoms with Crippen molar-refractivity contribution in [1.82, 2.24) is 0 Å². The lowest BCUT2D eigenvalue weighted by molar-refractivity contribution is -0.310. The van der Waals surface area contributed by atoms with Crippen LogP contribution in [0.5, 0.6) is 0 Å². The molecule has 0 bridgehead atoms. The number of aliphatic hydroxyl groups is 2. The highest BCUT2D eigenvalue weighted by molar-refractivity contribution is 4.92. The van der Waals surface area contributed by atoms with Crippen LogP contribution in [0.2, 0.25) is 0 Å². The molecule has 6 heteroatoms. The maximum Gasteiger partial charge on any atom is 0.184 e. The number of rotatable bonds is 13. The summed E-state index contributed by atoms with van der Waals surface area (Å²) < 4.78 is 23.3. The smallest absolute Gasteiger partial charge is 0.184 e. The lowest BCUT2D eigenvalue weighted by atomic mass is 9.98. The molecule has 5 atom stereocenters. The van der Waals surface area contributed by atoms with Gasteiger partial charge in [-0.3, -0.25) is 0 Å². The lowest BCUT2D eigenvalue weighted by Crippen LogP contribution is -2.61. The third-order valence-corrected chi connectivity index (χ3v) is 4.21. The van der Waals surface area contributed by atoms with Crippen LogP contribution >= 0.6 is 0 Å². The molecular weight excluding hydrogens is 312 g/mol. The summed E-state index contributed by atoms with van der Waals surface area (Å²) in [6, 6.07) is 0. The molecule has 0 aliphatic carbocycles. The second-order valence-corrected chi connectivity index (χ2v) is 6.31. The van der Waals surface area contributed by atoms with Crippen molar-refractivity contribution in [1.29, 1.82) is 0 Å². The van der Waals surface area contributed by atoms with E-state index in [0.717, 1.165) is 38.5 Å². The van der Waals surface area contributed by atoms with Gasteiger partial charge in [0.05, 0.1) is 6.61 Å². The Balaban J connectivity index is 2.79. The van der Waals surface area contributed by atoms with Gasteiger partial charge in [0.25, 0.3) is 0 Å². The van der Waals surface area contributed by atoms with E-state index in [1.807, 2.05) is 0 Å². The van der Waals surface area contributed by atoms with E-state index >= 15 is 0 Å². The Bertz CT molecular complexity index is 301. The Morgan fingerprint density at radius 3 is 1.67 bits per heavy atom. The van der Waals surface area contributed by atoms with Gasteiger partial charge in [0, 0.05) is 19.8 Å². The molecule has 24 heavy (non-hydrogen) atoms. The van der Waals surface area contributed by atoms with Crippen molar-refractivity contribution >= 4 is 0 Å². The Morgan fingerprint density at radius 1 is 0.750 bits per heavy atom. The van der Waals surface area contributed by atoms with Crippen LogP contribution in [0, 0.1) is 0 Å². The van der Waals surface area contributed by atoms with Crippen LogP contribution < -0.4 is 0 Å². The lowest BCUT2D eigenvalue weighted by Gasteiger charge is -2.44. The van der Waals surface area contributed by atoms with Crippen molar-refractivity contribution in [3.8, 4) is 0 Å². The summed E-state index contributed by atoms with van der Waals surface area (Å²) in [5, 5.41) is 19.9. The fourth-order valence-corrected chi connectivity index (χ4v) is 2.70. The van der Waals surface area contributed by atoms with Gasteiger partial charge in [-0.2, -0.15) is 0 Å². The first-order valence-electron chi connectivity index (χ1n) is 9.48. The molecule has 1 aliphatic heterocycles. The third-order valence-electron chi connectivity index (χ3n) is 4.21. The molecule has 0 spiro atoms. The summed E-state index contributed by atoms with van der Waals surface area (Å²) in [5.74, 6) is 0. The van der Waals surface area contributed by atoms with Gasteiger partial charge < -0.3 is 29.2 Å². The minimum Gasteiger partial charge on any atom is -0.394 e. The normalized spacial score (nSPS) is 30.6. The van der Waals surface area contributed by atoms with E-state index in [4.69, 9.17) is 18.9 Å². The molecule has 2 N–H and O–H groups in total. The number of hydrogen-bond donors (Lipinski definition) is 2. The van der Waals surface area contributed by atoms with Crippen molar-refractivity contribution in [2.45, 2.75) is 90.0 Å². The van der Waals surface area contributed by atoms with Crippen molar-refractivity contribution < 1.29 is 29.2 Å². The van der Waals surface area contributed by atoms with Crippen molar-refractivity contribution in [2.24, 2.45) is 0 Å². The van der Waals surface area contributed by atoms with Gasteiger partial charge in [-0.25, -0.2) is 0 Å². The summed E-state index contributed by atoms with van der Waals surface area (Å²) in [6.45, 7) is 7.76. The maximum atomic E-state index is 10.3. The molecular formula is C18H36O6. The summed E-state index contributed by atoms with van der Waals surface area (Å²) >= 11 is 0. The van der Waals surface area contributed by atoms with Crippen LogP contribution in [0.4, 0.5) is 0 Å². The molecule has 0 aromatic carbocycles. The van der Waals surface area contributed by atoms with Gasteiger partial charge in [-0.1, -0.05) is 40.0 Å². The zero-order valence-corrected chi connectivity index (χ0v) is 15.5. The van der Waals surface area contributed by atoms with E-state index in [9.17, 15) is 10.2 Å². The quantitative estimate of drug-likeness (QED) is 0.497. The van der Waals surface area contributed by atoms with E-state index in [-0.39, 0.29) is 6.61 Å². The van der Waals surface area contributed by atoms with Crippen LogP contribution in [0.25, 0.3) is 0 Å². The van der Waals surface area contributed by atoms with Gasteiger partial charge >= 0.3 is 0 Å². The molecule has 1 rings (SSSR count). The summed E-state index contributed by atoms with van der Waals surface area (Å²) in [4.78, 5) is 0. The van der Waals surface area contributed by atoms with Gasteiger partial charge in [0.1, 0.15) is 24.4 Å². The molecule has 2 unspecified atom stereocenters.